The van der Waals surface area contributed by atoms with Crippen LogP contribution in [0.25, 0.3) is 0 Å². The maximum Gasteiger partial charge on any atom is 0.275 e. The van der Waals surface area contributed by atoms with E-state index in [2.05, 4.69) is 61.6 Å². The van der Waals surface area contributed by atoms with Crippen LogP contribution in [0, 0.1) is 0 Å². The molecule has 0 aliphatic rings. The highest BCUT2D eigenvalue weighted by Gasteiger charge is 2.21. The Hall–Kier alpha value is -0.650. The summed E-state index contributed by atoms with van der Waals surface area (Å²) in [5.74, 6) is 0.206. The van der Waals surface area contributed by atoms with E-state index in [9.17, 15) is 4.79 Å². The second-order valence-electron chi connectivity index (χ2n) is 13.5. The average Bonchev–Trinajstić information content (AvgIpc) is 2.75. The summed E-state index contributed by atoms with van der Waals surface area (Å²) in [5, 5.41) is 3.17. The molecule has 0 atom stereocenters. The van der Waals surface area contributed by atoms with Gasteiger partial charge in [0.05, 0.1) is 62.4 Å². The van der Waals surface area contributed by atoms with Gasteiger partial charge in [-0.3, -0.25) is 4.79 Å². The van der Waals surface area contributed by atoms with Crippen LogP contribution in [0.4, 0.5) is 0 Å². The van der Waals surface area contributed by atoms with Gasteiger partial charge in [0.1, 0.15) is 13.1 Å². The molecule has 0 aromatic heterocycles. The minimum Gasteiger partial charge on any atom is -0.351 e. The molecule has 0 rings (SSSR count). The number of nitrogens with one attached hydrogen (secondary N) is 1. The molecule has 0 aromatic rings. The highest BCUT2D eigenvalue weighted by molar-refractivity contribution is 5.76. The van der Waals surface area contributed by atoms with Gasteiger partial charge >= 0.3 is 0 Å². The van der Waals surface area contributed by atoms with Crippen LogP contribution in [0.5, 0.6) is 0 Å². The first kappa shape index (κ1) is 34.4. The Morgan fingerprint density at radius 2 is 0.943 bits per heavy atom. The molecule has 0 fully saturated rings. The Morgan fingerprint density at radius 3 is 1.40 bits per heavy atom. The van der Waals surface area contributed by atoms with Crippen molar-refractivity contribution in [2.45, 2.75) is 103 Å². The van der Waals surface area contributed by atoms with Gasteiger partial charge in [0.25, 0.3) is 5.91 Å². The summed E-state index contributed by atoms with van der Waals surface area (Å²) in [5.41, 5.74) is 0. The highest BCUT2D eigenvalue weighted by Crippen LogP contribution is 2.13. The molecule has 1 amide bonds. The quantitative estimate of drug-likeness (QED) is 0.131. The normalized spacial score (nSPS) is 12.8. The third-order valence-corrected chi connectivity index (χ3v) is 7.33. The number of amides is 1. The van der Waals surface area contributed by atoms with Gasteiger partial charge < -0.3 is 18.8 Å². The number of carbonyl (C=O) groups excluding carboxylic acids is 1. The minimum absolute atomic E-state index is 0.206. The van der Waals surface area contributed by atoms with Crippen molar-refractivity contribution in [2.75, 3.05) is 88.6 Å². The summed E-state index contributed by atoms with van der Waals surface area (Å²) in [6.07, 6.45) is 20.5. The molecule has 0 aliphatic heterocycles. The summed E-state index contributed by atoms with van der Waals surface area (Å²) in [6, 6.07) is 0. The number of unbranched alkanes of at least 4 members (excludes halogenated alkanes) is 13. The average molecular weight is 500 g/mol. The summed E-state index contributed by atoms with van der Waals surface area (Å²) in [4.78, 5) is 12.5. The number of hydrogen-bond donors (Lipinski definition) is 1. The molecule has 5 nitrogen and oxygen atoms in total. The van der Waals surface area contributed by atoms with Crippen molar-refractivity contribution in [3.05, 3.63) is 0 Å². The van der Waals surface area contributed by atoms with Crippen LogP contribution in [0.1, 0.15) is 103 Å². The SMILES string of the molecule is CCCCCCCCCCCCCCCC[N+](C)(C)CC(=O)NCCC[N+](C)(C)CC[N+](C)(C)C. The molecule has 0 unspecified atom stereocenters. The highest BCUT2D eigenvalue weighted by atomic mass is 16.2. The van der Waals surface area contributed by atoms with Crippen LogP contribution in [0.3, 0.4) is 0 Å². The van der Waals surface area contributed by atoms with E-state index in [1.165, 1.54) is 103 Å². The molecule has 0 aromatic carbocycles. The third-order valence-electron chi connectivity index (χ3n) is 7.33. The topological polar surface area (TPSA) is 29.1 Å². The maximum absolute atomic E-state index is 12.5. The first-order valence-corrected chi connectivity index (χ1v) is 15.1. The van der Waals surface area contributed by atoms with Crippen molar-refractivity contribution < 1.29 is 18.2 Å². The zero-order valence-electron chi connectivity index (χ0n) is 25.6. The molecule has 5 heteroatoms. The Labute approximate surface area is 221 Å². The molecule has 0 spiro atoms. The molecule has 0 heterocycles. The van der Waals surface area contributed by atoms with Gasteiger partial charge in [-0.15, -0.1) is 0 Å². The van der Waals surface area contributed by atoms with Gasteiger partial charge in [0.2, 0.25) is 0 Å². The summed E-state index contributed by atoms with van der Waals surface area (Å²) < 4.78 is 2.83. The van der Waals surface area contributed by atoms with Crippen LogP contribution in [0.2, 0.25) is 0 Å². The fourth-order valence-electron chi connectivity index (χ4n) is 4.68. The lowest BCUT2D eigenvalue weighted by molar-refractivity contribution is -0.937. The molecule has 0 saturated heterocycles. The van der Waals surface area contributed by atoms with E-state index in [4.69, 9.17) is 0 Å². The molecule has 35 heavy (non-hydrogen) atoms. The molecule has 0 radical (unpaired) electrons. The monoisotopic (exact) mass is 500 g/mol. The van der Waals surface area contributed by atoms with Crippen LogP contribution in [-0.2, 0) is 4.79 Å². The van der Waals surface area contributed by atoms with E-state index in [0.29, 0.717) is 6.54 Å². The smallest absolute Gasteiger partial charge is 0.275 e. The van der Waals surface area contributed by atoms with E-state index in [0.717, 1.165) is 39.5 Å². The number of nitrogens with zero attached hydrogens (tertiary/aromatic N) is 3. The first-order chi connectivity index (χ1) is 16.4. The Kier molecular flexibility index (Phi) is 19.1. The maximum atomic E-state index is 12.5. The number of hydrogen-bond acceptors (Lipinski definition) is 1. The minimum atomic E-state index is 0.206. The number of likely N-dealkylation sites (N-methyl/N-ethyl adjacent to an activating group) is 3. The molecular formula is C30H67N4O+3. The van der Waals surface area contributed by atoms with Gasteiger partial charge in [0.15, 0.2) is 6.54 Å². The van der Waals surface area contributed by atoms with E-state index in [-0.39, 0.29) is 5.91 Å². The van der Waals surface area contributed by atoms with Crippen molar-refractivity contribution >= 4 is 5.91 Å². The van der Waals surface area contributed by atoms with Crippen LogP contribution >= 0.6 is 0 Å². The lowest BCUT2D eigenvalue weighted by Gasteiger charge is -2.33. The summed E-state index contributed by atoms with van der Waals surface area (Å²) in [6.45, 7) is 8.22. The van der Waals surface area contributed by atoms with Gasteiger partial charge in [0, 0.05) is 13.0 Å². The fourth-order valence-corrected chi connectivity index (χ4v) is 4.68. The van der Waals surface area contributed by atoms with E-state index in [1.807, 2.05) is 0 Å². The standard InChI is InChI=1S/C30H66N4O/c1-9-10-11-12-13-14-15-16-17-18-19-20-21-22-25-34(7,8)29-30(35)31-24-23-26-33(5,6)28-27-32(2,3)4/h9-29H2,1-8H3/q+2/p+1. The van der Waals surface area contributed by atoms with E-state index in [1.54, 1.807) is 0 Å². The fraction of sp³-hybridized carbons (Fsp3) is 0.967. The van der Waals surface area contributed by atoms with Crippen LogP contribution in [0.15, 0.2) is 0 Å². The first-order valence-electron chi connectivity index (χ1n) is 15.1. The van der Waals surface area contributed by atoms with E-state index < -0.39 is 0 Å². The van der Waals surface area contributed by atoms with E-state index >= 15 is 0 Å². The number of carbonyl (C=O) groups is 1. The van der Waals surface area contributed by atoms with Gasteiger partial charge in [-0.25, -0.2) is 0 Å². The summed E-state index contributed by atoms with van der Waals surface area (Å²) in [7, 11) is 15.7. The van der Waals surface area contributed by atoms with Crippen LogP contribution < -0.4 is 5.32 Å². The van der Waals surface area contributed by atoms with Gasteiger partial charge in [-0.1, -0.05) is 84.0 Å². The molecule has 0 bridgehead atoms. The van der Waals surface area contributed by atoms with Gasteiger partial charge in [-0.05, 0) is 12.8 Å². The predicted molar refractivity (Wildman–Crippen MR) is 155 cm³/mol. The second-order valence-corrected chi connectivity index (χ2v) is 13.5. The lowest BCUT2D eigenvalue weighted by Crippen LogP contribution is -2.50. The Bertz CT molecular complexity index is 511. The lowest BCUT2D eigenvalue weighted by atomic mass is 10.0. The zero-order chi connectivity index (χ0) is 26.6. The molecule has 210 valence electrons. The largest absolute Gasteiger partial charge is 0.351 e. The van der Waals surface area contributed by atoms with Crippen molar-refractivity contribution in [3.63, 3.8) is 0 Å². The summed E-state index contributed by atoms with van der Waals surface area (Å²) >= 11 is 0. The second kappa shape index (κ2) is 19.5. The van der Waals surface area contributed by atoms with Crippen LogP contribution in [-0.4, -0.2) is 108 Å². The Balaban J connectivity index is 3.68. The molecule has 0 aliphatic carbocycles. The molecule has 0 saturated carbocycles. The van der Waals surface area contributed by atoms with Crippen molar-refractivity contribution in [3.8, 4) is 0 Å². The molecular weight excluding hydrogens is 432 g/mol. The third kappa shape index (κ3) is 24.8. The van der Waals surface area contributed by atoms with Crippen molar-refractivity contribution in [1.29, 1.82) is 0 Å². The van der Waals surface area contributed by atoms with Gasteiger partial charge in [-0.2, -0.15) is 0 Å². The van der Waals surface area contributed by atoms with Crippen molar-refractivity contribution in [1.82, 2.24) is 5.32 Å². The zero-order valence-corrected chi connectivity index (χ0v) is 25.6. The van der Waals surface area contributed by atoms with Crippen molar-refractivity contribution in [2.24, 2.45) is 0 Å². The predicted octanol–water partition coefficient (Wildman–Crippen LogP) is 5.83. The molecule has 1 N–H and O–H groups in total. The Morgan fingerprint density at radius 1 is 0.514 bits per heavy atom. The number of rotatable bonds is 24. The number of quaternary nitrogens is 3.